The predicted octanol–water partition coefficient (Wildman–Crippen LogP) is 5.17. The highest BCUT2D eigenvalue weighted by Crippen LogP contribution is 2.26. The van der Waals surface area contributed by atoms with Gasteiger partial charge in [-0.15, -0.1) is 0 Å². The van der Waals surface area contributed by atoms with Crippen LogP contribution < -0.4 is 10.1 Å². The molecule has 0 aliphatic rings. The molecule has 3 aromatic rings. The number of halogens is 2. The number of ether oxygens (including phenoxy) is 1. The Labute approximate surface area is 195 Å². The number of hydrogen-bond donors (Lipinski definition) is 2. The van der Waals surface area contributed by atoms with E-state index in [9.17, 15) is 14.9 Å². The van der Waals surface area contributed by atoms with Crippen molar-refractivity contribution < 1.29 is 19.4 Å². The van der Waals surface area contributed by atoms with E-state index >= 15 is 0 Å². The summed E-state index contributed by atoms with van der Waals surface area (Å²) in [7, 11) is 0. The van der Waals surface area contributed by atoms with Crippen LogP contribution >= 0.6 is 23.2 Å². The van der Waals surface area contributed by atoms with Gasteiger partial charge in [0.2, 0.25) is 0 Å². The molecule has 0 aliphatic heterocycles. The second-order valence-electron chi connectivity index (χ2n) is 6.91. The minimum absolute atomic E-state index is 0.182. The number of rotatable bonds is 8. The van der Waals surface area contributed by atoms with Crippen LogP contribution in [0.1, 0.15) is 27.0 Å². The van der Waals surface area contributed by atoms with Crippen LogP contribution in [0.3, 0.4) is 0 Å². The molecule has 1 amide bonds. The molecule has 1 unspecified atom stereocenters. The van der Waals surface area contributed by atoms with Gasteiger partial charge in [-0.25, -0.2) is 0 Å². The van der Waals surface area contributed by atoms with E-state index in [0.29, 0.717) is 34.1 Å². The van der Waals surface area contributed by atoms with E-state index in [4.69, 9.17) is 33.0 Å². The number of carboxylic acid groups (broad SMARTS) is 1. The highest BCUT2D eigenvalue weighted by molar-refractivity contribution is 6.30. The summed E-state index contributed by atoms with van der Waals surface area (Å²) in [5, 5.41) is 21.6. The van der Waals surface area contributed by atoms with Crippen LogP contribution in [-0.2, 0) is 17.6 Å². The summed E-state index contributed by atoms with van der Waals surface area (Å²) in [6.45, 7) is 0. The lowest BCUT2D eigenvalue weighted by atomic mass is 10.1. The first-order chi connectivity index (χ1) is 15.3. The lowest BCUT2D eigenvalue weighted by Gasteiger charge is -2.13. The van der Waals surface area contributed by atoms with Crippen molar-refractivity contribution in [3.8, 4) is 17.6 Å². The molecule has 0 saturated heterocycles. The van der Waals surface area contributed by atoms with Crippen LogP contribution in [0, 0.1) is 11.3 Å². The smallest absolute Gasteiger partial charge is 0.307 e. The fourth-order valence-electron chi connectivity index (χ4n) is 2.94. The van der Waals surface area contributed by atoms with Gasteiger partial charge >= 0.3 is 5.97 Å². The van der Waals surface area contributed by atoms with Gasteiger partial charge in [-0.05, 0) is 59.7 Å². The number of carbonyl (C=O) groups excluding carboxylic acids is 1. The topological polar surface area (TPSA) is 99.4 Å². The van der Waals surface area contributed by atoms with Gasteiger partial charge in [-0.1, -0.05) is 41.4 Å². The zero-order chi connectivity index (χ0) is 23.1. The Hall–Kier alpha value is -3.53. The molecule has 32 heavy (non-hydrogen) atoms. The average molecular weight is 469 g/mol. The fraction of sp³-hybridized carbons (Fsp3) is 0.125. The summed E-state index contributed by atoms with van der Waals surface area (Å²) in [5.41, 5.74) is 1.47. The van der Waals surface area contributed by atoms with Crippen molar-refractivity contribution in [3.63, 3.8) is 0 Å². The third-order valence-electron chi connectivity index (χ3n) is 4.48. The largest absolute Gasteiger partial charge is 0.481 e. The molecule has 0 spiro atoms. The molecule has 0 saturated carbocycles. The van der Waals surface area contributed by atoms with Gasteiger partial charge in [-0.2, -0.15) is 5.26 Å². The summed E-state index contributed by atoms with van der Waals surface area (Å²) < 4.78 is 5.73. The van der Waals surface area contributed by atoms with E-state index in [0.717, 1.165) is 5.56 Å². The summed E-state index contributed by atoms with van der Waals surface area (Å²) in [5.74, 6) is -0.597. The molecule has 0 bridgehead atoms. The minimum Gasteiger partial charge on any atom is -0.481 e. The highest BCUT2D eigenvalue weighted by Gasteiger charge is 2.13. The molecule has 3 aromatic carbocycles. The minimum atomic E-state index is -0.983. The number of carbonyl (C=O) groups is 2. The lowest BCUT2D eigenvalue weighted by molar-refractivity contribution is -0.136. The summed E-state index contributed by atoms with van der Waals surface area (Å²) in [6, 6.07) is 20.2. The van der Waals surface area contributed by atoms with Gasteiger partial charge < -0.3 is 15.2 Å². The van der Waals surface area contributed by atoms with E-state index in [1.165, 1.54) is 6.07 Å². The first-order valence-electron chi connectivity index (χ1n) is 9.56. The second-order valence-corrected chi connectivity index (χ2v) is 7.87. The van der Waals surface area contributed by atoms with Crippen molar-refractivity contribution in [1.29, 1.82) is 5.26 Å². The quantitative estimate of drug-likeness (QED) is 0.350. The summed E-state index contributed by atoms with van der Waals surface area (Å²) in [6.07, 6.45) is 0.263. The summed E-state index contributed by atoms with van der Waals surface area (Å²) >= 11 is 12.1. The Morgan fingerprint density at radius 2 is 1.69 bits per heavy atom. The van der Waals surface area contributed by atoms with Crippen LogP contribution in [0.25, 0.3) is 0 Å². The van der Waals surface area contributed by atoms with Gasteiger partial charge in [0.15, 0.2) is 0 Å². The molecule has 0 heterocycles. The molecular formula is C24H18Cl2N2O4. The molecule has 8 heteroatoms. The Bertz CT molecular complexity index is 1160. The molecule has 1 atom stereocenters. The van der Waals surface area contributed by atoms with Gasteiger partial charge in [0.05, 0.1) is 12.0 Å². The maximum atomic E-state index is 12.4. The first kappa shape index (κ1) is 23.1. The Kier molecular flexibility index (Phi) is 7.72. The maximum Gasteiger partial charge on any atom is 0.307 e. The first-order valence-corrected chi connectivity index (χ1v) is 10.4. The number of hydrogen-bond acceptors (Lipinski definition) is 4. The average Bonchev–Trinajstić information content (AvgIpc) is 2.76. The molecular weight excluding hydrogens is 451 g/mol. The lowest BCUT2D eigenvalue weighted by Crippen LogP contribution is -2.32. The fourth-order valence-corrected chi connectivity index (χ4v) is 3.35. The highest BCUT2D eigenvalue weighted by atomic mass is 35.5. The maximum absolute atomic E-state index is 12.4. The van der Waals surface area contributed by atoms with Crippen LogP contribution in [0.15, 0.2) is 66.7 Å². The van der Waals surface area contributed by atoms with Crippen molar-refractivity contribution in [3.05, 3.63) is 94.0 Å². The normalized spacial score (nSPS) is 11.3. The molecule has 162 valence electrons. The van der Waals surface area contributed by atoms with Gasteiger partial charge in [0.1, 0.15) is 23.1 Å². The third kappa shape index (κ3) is 6.48. The van der Waals surface area contributed by atoms with Crippen molar-refractivity contribution >= 4 is 35.1 Å². The third-order valence-corrected chi connectivity index (χ3v) is 5.00. The zero-order valence-electron chi connectivity index (χ0n) is 16.7. The van der Waals surface area contributed by atoms with Gasteiger partial charge in [0.25, 0.3) is 5.91 Å². The standard InChI is InChI=1S/C24H18Cl2N2O4/c25-19-6-1-15(2-7-19)12-22(26)28-24(31)17-4-8-20(9-5-17)32-21-10-3-16(13-23(29)30)11-18(21)14-27/h1-11,22H,12-13H2,(H,28,31)(H,29,30). The number of alkyl halides is 1. The molecule has 0 aromatic heterocycles. The van der Waals surface area contributed by atoms with Gasteiger partial charge in [-0.3, -0.25) is 9.59 Å². The number of nitrogens with zero attached hydrogens (tertiary/aromatic N) is 1. The number of nitriles is 1. The van der Waals surface area contributed by atoms with E-state index < -0.39 is 11.5 Å². The monoisotopic (exact) mass is 468 g/mol. The van der Waals surface area contributed by atoms with Crippen LogP contribution in [-0.4, -0.2) is 22.5 Å². The van der Waals surface area contributed by atoms with E-state index in [1.54, 1.807) is 48.5 Å². The second kappa shape index (κ2) is 10.7. The molecule has 0 aliphatic carbocycles. The Morgan fingerprint density at radius 1 is 1.03 bits per heavy atom. The Morgan fingerprint density at radius 3 is 2.31 bits per heavy atom. The molecule has 2 N–H and O–H groups in total. The zero-order valence-corrected chi connectivity index (χ0v) is 18.2. The van der Waals surface area contributed by atoms with E-state index in [-0.39, 0.29) is 17.9 Å². The molecule has 0 radical (unpaired) electrons. The van der Waals surface area contributed by atoms with Crippen molar-refractivity contribution in [2.75, 3.05) is 0 Å². The van der Waals surface area contributed by atoms with Crippen molar-refractivity contribution in [1.82, 2.24) is 5.32 Å². The SMILES string of the molecule is N#Cc1cc(CC(=O)O)ccc1Oc1ccc(C(=O)NC(Cl)Cc2ccc(Cl)cc2)cc1. The van der Waals surface area contributed by atoms with Crippen LogP contribution in [0.2, 0.25) is 5.02 Å². The van der Waals surface area contributed by atoms with Crippen LogP contribution in [0.4, 0.5) is 0 Å². The van der Waals surface area contributed by atoms with Crippen LogP contribution in [0.5, 0.6) is 11.5 Å². The molecule has 3 rings (SSSR count). The number of carboxylic acids is 1. The van der Waals surface area contributed by atoms with Gasteiger partial charge in [0, 0.05) is 17.0 Å². The van der Waals surface area contributed by atoms with Crippen molar-refractivity contribution in [2.45, 2.75) is 18.3 Å². The Balaban J connectivity index is 1.62. The van der Waals surface area contributed by atoms with Crippen molar-refractivity contribution in [2.24, 2.45) is 0 Å². The molecule has 0 fully saturated rings. The molecule has 6 nitrogen and oxygen atoms in total. The van der Waals surface area contributed by atoms with E-state index in [2.05, 4.69) is 5.32 Å². The number of aliphatic carboxylic acids is 1. The number of nitrogens with one attached hydrogen (secondary N) is 1. The van der Waals surface area contributed by atoms with E-state index in [1.807, 2.05) is 18.2 Å². The predicted molar refractivity (Wildman–Crippen MR) is 121 cm³/mol. The summed E-state index contributed by atoms with van der Waals surface area (Å²) in [4.78, 5) is 23.3. The number of benzene rings is 3. The number of amides is 1.